The van der Waals surface area contributed by atoms with Crippen molar-refractivity contribution in [2.45, 2.75) is 17.4 Å². The van der Waals surface area contributed by atoms with Crippen molar-refractivity contribution in [3.8, 4) is 0 Å². The van der Waals surface area contributed by atoms with Gasteiger partial charge < -0.3 is 5.73 Å². The van der Waals surface area contributed by atoms with E-state index >= 15 is 0 Å². The lowest BCUT2D eigenvalue weighted by Crippen LogP contribution is -2.15. The lowest BCUT2D eigenvalue weighted by atomic mass is 10.4. The van der Waals surface area contributed by atoms with Crippen LogP contribution in [0.1, 0.15) is 13.8 Å². The topological polar surface area (TPSA) is 26.0 Å². The molecule has 0 spiro atoms. The summed E-state index contributed by atoms with van der Waals surface area (Å²) in [5, 5.41) is 0. The molecule has 1 aliphatic rings. The first-order chi connectivity index (χ1) is 3.07. The minimum atomic E-state index is 0.137. The monoisotopic (exact) mass is 211 g/mol. The van der Waals surface area contributed by atoms with Gasteiger partial charge in [0.1, 0.15) is 0 Å². The Balaban J connectivity index is 2.52. The van der Waals surface area contributed by atoms with Crippen LogP contribution in [0, 0.1) is 11.8 Å². The molecule has 2 N–H and O–H groups in total. The first-order valence-corrected chi connectivity index (χ1v) is 3.62. The van der Waals surface area contributed by atoms with Crippen molar-refractivity contribution in [3.63, 3.8) is 0 Å². The van der Waals surface area contributed by atoms with Gasteiger partial charge in [0.05, 0.1) is 3.55 Å². The maximum absolute atomic E-state index is 5.74. The predicted molar refractivity (Wildman–Crippen MR) is 39.3 cm³/mol. The molecule has 0 aromatic heterocycles. The molecule has 0 amide bonds. The zero-order chi connectivity index (χ0) is 5.65. The second-order valence-corrected chi connectivity index (χ2v) is 4.27. The molecular formula is C5H10IN. The van der Waals surface area contributed by atoms with Crippen LogP contribution in [0.25, 0.3) is 0 Å². The SMILES string of the molecule is C[C@@H]1[C@H](C)C1(N)I. The average Bonchev–Trinajstić information content (AvgIpc) is 1.91. The van der Waals surface area contributed by atoms with Gasteiger partial charge in [0.2, 0.25) is 0 Å². The zero-order valence-corrected chi connectivity index (χ0v) is 6.77. The van der Waals surface area contributed by atoms with Gasteiger partial charge in [-0.2, -0.15) is 0 Å². The lowest BCUT2D eigenvalue weighted by molar-refractivity contribution is 0.834. The lowest BCUT2D eigenvalue weighted by Gasteiger charge is -1.92. The second-order valence-electron chi connectivity index (χ2n) is 2.40. The van der Waals surface area contributed by atoms with Crippen LogP contribution in [0.5, 0.6) is 0 Å². The molecule has 0 aromatic rings. The Hall–Kier alpha value is 0.690. The summed E-state index contributed by atoms with van der Waals surface area (Å²) in [6.45, 7) is 4.38. The fourth-order valence-electron chi connectivity index (χ4n) is 0.757. The van der Waals surface area contributed by atoms with Crippen LogP contribution in [0.3, 0.4) is 0 Å². The minimum Gasteiger partial charge on any atom is -0.317 e. The molecule has 1 unspecified atom stereocenters. The Morgan fingerprint density at radius 1 is 1.43 bits per heavy atom. The average molecular weight is 211 g/mol. The van der Waals surface area contributed by atoms with Crippen molar-refractivity contribution in [1.29, 1.82) is 0 Å². The van der Waals surface area contributed by atoms with Gasteiger partial charge in [-0.15, -0.1) is 0 Å². The Kier molecular flexibility index (Phi) is 1.12. The third kappa shape index (κ3) is 0.682. The predicted octanol–water partition coefficient (Wildman–Crippen LogP) is 1.36. The molecule has 2 heteroatoms. The van der Waals surface area contributed by atoms with Crippen LogP contribution in [0.15, 0.2) is 0 Å². The van der Waals surface area contributed by atoms with E-state index in [1.165, 1.54) is 0 Å². The normalized spacial score (nSPS) is 60.0. The van der Waals surface area contributed by atoms with Gasteiger partial charge in [0.15, 0.2) is 0 Å². The zero-order valence-electron chi connectivity index (χ0n) is 4.61. The summed E-state index contributed by atoms with van der Waals surface area (Å²) < 4.78 is 0.137. The van der Waals surface area contributed by atoms with Gasteiger partial charge in [0.25, 0.3) is 0 Å². The molecule has 0 aromatic carbocycles. The van der Waals surface area contributed by atoms with E-state index in [-0.39, 0.29) is 3.55 Å². The third-order valence-corrected chi connectivity index (χ3v) is 4.00. The van der Waals surface area contributed by atoms with Crippen molar-refractivity contribution < 1.29 is 0 Å². The number of hydrogen-bond donors (Lipinski definition) is 1. The molecule has 0 aliphatic heterocycles. The number of rotatable bonds is 0. The van der Waals surface area contributed by atoms with Crippen molar-refractivity contribution in [1.82, 2.24) is 0 Å². The van der Waals surface area contributed by atoms with Crippen LogP contribution >= 0.6 is 22.6 Å². The highest BCUT2D eigenvalue weighted by Crippen LogP contribution is 2.52. The van der Waals surface area contributed by atoms with Crippen LogP contribution in [0.4, 0.5) is 0 Å². The molecule has 0 heterocycles. The van der Waals surface area contributed by atoms with E-state index in [1.807, 2.05) is 0 Å². The molecule has 0 bridgehead atoms. The highest BCUT2D eigenvalue weighted by Gasteiger charge is 2.54. The molecule has 42 valence electrons. The first kappa shape index (κ1) is 5.82. The second kappa shape index (κ2) is 1.35. The maximum atomic E-state index is 5.74. The number of alkyl halides is 1. The highest BCUT2D eigenvalue weighted by atomic mass is 127. The smallest absolute Gasteiger partial charge is 0.0739 e. The number of halogens is 1. The quantitative estimate of drug-likeness (QED) is 0.365. The van der Waals surface area contributed by atoms with E-state index in [1.54, 1.807) is 0 Å². The molecule has 1 nitrogen and oxygen atoms in total. The van der Waals surface area contributed by atoms with E-state index in [0.717, 1.165) is 11.8 Å². The van der Waals surface area contributed by atoms with Crippen molar-refractivity contribution in [2.75, 3.05) is 0 Å². The van der Waals surface area contributed by atoms with E-state index in [4.69, 9.17) is 5.73 Å². The first-order valence-electron chi connectivity index (χ1n) is 2.54. The molecule has 0 radical (unpaired) electrons. The summed E-state index contributed by atoms with van der Waals surface area (Å²) in [7, 11) is 0. The molecule has 7 heavy (non-hydrogen) atoms. The van der Waals surface area contributed by atoms with Crippen molar-refractivity contribution in [3.05, 3.63) is 0 Å². The van der Waals surface area contributed by atoms with Gasteiger partial charge in [-0.05, 0) is 11.8 Å². The number of nitrogens with two attached hydrogens (primary N) is 1. The van der Waals surface area contributed by atoms with Gasteiger partial charge >= 0.3 is 0 Å². The van der Waals surface area contributed by atoms with Gasteiger partial charge in [-0.25, -0.2) is 0 Å². The van der Waals surface area contributed by atoms with Gasteiger partial charge in [-0.1, -0.05) is 36.4 Å². The molecule has 1 aliphatic carbocycles. The Labute approximate surface area is 57.8 Å². The summed E-state index contributed by atoms with van der Waals surface area (Å²) in [6.07, 6.45) is 0. The van der Waals surface area contributed by atoms with E-state index < -0.39 is 0 Å². The summed E-state index contributed by atoms with van der Waals surface area (Å²) in [6, 6.07) is 0. The Morgan fingerprint density at radius 3 is 1.57 bits per heavy atom. The van der Waals surface area contributed by atoms with Crippen LogP contribution in [-0.4, -0.2) is 3.55 Å². The van der Waals surface area contributed by atoms with Crippen molar-refractivity contribution in [2.24, 2.45) is 17.6 Å². The molecule has 0 saturated heterocycles. The summed E-state index contributed by atoms with van der Waals surface area (Å²) in [5.41, 5.74) is 5.74. The fourth-order valence-corrected chi connectivity index (χ4v) is 1.66. The summed E-state index contributed by atoms with van der Waals surface area (Å²) in [4.78, 5) is 0. The van der Waals surface area contributed by atoms with Crippen LogP contribution in [-0.2, 0) is 0 Å². The maximum Gasteiger partial charge on any atom is 0.0739 e. The van der Waals surface area contributed by atoms with Crippen LogP contribution < -0.4 is 5.73 Å². The molecule has 3 atom stereocenters. The summed E-state index contributed by atoms with van der Waals surface area (Å²) in [5.74, 6) is 1.46. The molecular weight excluding hydrogens is 201 g/mol. The Morgan fingerprint density at radius 2 is 1.57 bits per heavy atom. The van der Waals surface area contributed by atoms with Crippen molar-refractivity contribution >= 4 is 22.6 Å². The minimum absolute atomic E-state index is 0.137. The third-order valence-electron chi connectivity index (χ3n) is 2.04. The van der Waals surface area contributed by atoms with E-state index in [2.05, 4.69) is 36.4 Å². The molecule has 1 fully saturated rings. The fraction of sp³-hybridized carbons (Fsp3) is 1.00. The van der Waals surface area contributed by atoms with Gasteiger partial charge in [-0.3, -0.25) is 0 Å². The standard InChI is InChI=1S/C5H10IN/c1-3-4(2)5(3,6)7/h3-4H,7H2,1-2H3/t3-,4+,5?. The Bertz CT molecular complexity index is 80.1. The number of hydrogen-bond acceptors (Lipinski definition) is 1. The molecule has 1 saturated carbocycles. The van der Waals surface area contributed by atoms with Gasteiger partial charge in [0, 0.05) is 0 Å². The largest absolute Gasteiger partial charge is 0.317 e. The molecule has 1 rings (SSSR count). The van der Waals surface area contributed by atoms with Crippen LogP contribution in [0.2, 0.25) is 0 Å². The summed E-state index contributed by atoms with van der Waals surface area (Å²) >= 11 is 2.32. The highest BCUT2D eigenvalue weighted by molar-refractivity contribution is 14.1. The van der Waals surface area contributed by atoms with E-state index in [9.17, 15) is 0 Å². The van der Waals surface area contributed by atoms with E-state index in [0.29, 0.717) is 0 Å².